The maximum absolute atomic E-state index is 13.6. The molecule has 0 radical (unpaired) electrons. The zero-order valence-corrected chi connectivity index (χ0v) is 19.2. The van der Waals surface area contributed by atoms with Gasteiger partial charge in [0.15, 0.2) is 0 Å². The minimum absolute atomic E-state index is 0.219. The Balaban J connectivity index is 1.35. The van der Waals surface area contributed by atoms with Crippen LogP contribution in [0.25, 0.3) is 21.4 Å². The average molecular weight is 480 g/mol. The molecule has 34 heavy (non-hydrogen) atoms. The summed E-state index contributed by atoms with van der Waals surface area (Å²) >= 11 is 1.39. The Bertz CT molecular complexity index is 1350. The lowest BCUT2D eigenvalue weighted by Gasteiger charge is -2.35. The van der Waals surface area contributed by atoms with Crippen molar-refractivity contribution >= 4 is 34.1 Å². The molecular formula is C25H22FN3O4S. The molecule has 1 N–H and O–H groups in total. The van der Waals surface area contributed by atoms with Crippen LogP contribution in [-0.4, -0.2) is 54.0 Å². The van der Waals surface area contributed by atoms with E-state index in [1.54, 1.807) is 41.5 Å². The number of ether oxygens (including phenoxy) is 1. The second kappa shape index (κ2) is 9.36. The van der Waals surface area contributed by atoms with Crippen molar-refractivity contribution in [1.82, 2.24) is 15.2 Å². The summed E-state index contributed by atoms with van der Waals surface area (Å²) < 4.78 is 24.5. The normalized spacial score (nSPS) is 16.1. The number of carbonyl (C=O) groups is 2. The van der Waals surface area contributed by atoms with E-state index in [-0.39, 0.29) is 30.2 Å². The van der Waals surface area contributed by atoms with Gasteiger partial charge in [-0.3, -0.25) is 9.59 Å². The Hall–Kier alpha value is -3.56. The van der Waals surface area contributed by atoms with Crippen LogP contribution >= 0.6 is 11.3 Å². The van der Waals surface area contributed by atoms with Crippen molar-refractivity contribution in [2.24, 2.45) is 0 Å². The Kier molecular flexibility index (Phi) is 6.12. The van der Waals surface area contributed by atoms with Gasteiger partial charge >= 0.3 is 0 Å². The van der Waals surface area contributed by atoms with Gasteiger partial charge in [-0.05, 0) is 36.8 Å². The van der Waals surface area contributed by atoms with Gasteiger partial charge in [0.25, 0.3) is 11.8 Å². The summed E-state index contributed by atoms with van der Waals surface area (Å²) in [4.78, 5) is 33.3. The van der Waals surface area contributed by atoms with Crippen molar-refractivity contribution in [2.75, 3.05) is 26.3 Å². The summed E-state index contributed by atoms with van der Waals surface area (Å²) in [5.74, 6) is -0.860. The molecule has 5 rings (SSSR count). The molecule has 2 aromatic carbocycles. The van der Waals surface area contributed by atoms with Crippen molar-refractivity contribution in [3.63, 3.8) is 0 Å². The molecule has 1 aliphatic rings. The molecule has 1 aliphatic heterocycles. The third-order valence-corrected chi connectivity index (χ3v) is 6.77. The van der Waals surface area contributed by atoms with E-state index in [9.17, 15) is 14.0 Å². The number of rotatable bonds is 5. The monoisotopic (exact) mass is 479 g/mol. The fourth-order valence-electron chi connectivity index (χ4n) is 4.07. The van der Waals surface area contributed by atoms with Gasteiger partial charge in [-0.1, -0.05) is 24.3 Å². The summed E-state index contributed by atoms with van der Waals surface area (Å²) in [7, 11) is 0. The number of furan rings is 1. The topological polar surface area (TPSA) is 84.7 Å². The zero-order valence-electron chi connectivity index (χ0n) is 18.4. The number of hydrogen-bond donors (Lipinski definition) is 1. The number of nitrogens with zero attached hydrogens (tertiary/aromatic N) is 2. The minimum atomic E-state index is -0.357. The summed E-state index contributed by atoms with van der Waals surface area (Å²) in [5.41, 5.74) is 2.02. The molecule has 0 spiro atoms. The van der Waals surface area contributed by atoms with Gasteiger partial charge in [-0.25, -0.2) is 9.37 Å². The lowest BCUT2D eigenvalue weighted by molar-refractivity contribution is -0.00152. The maximum Gasteiger partial charge on any atom is 0.274 e. The van der Waals surface area contributed by atoms with Crippen molar-refractivity contribution in [2.45, 2.75) is 13.0 Å². The predicted molar refractivity (Wildman–Crippen MR) is 126 cm³/mol. The van der Waals surface area contributed by atoms with Crippen LogP contribution in [-0.2, 0) is 4.74 Å². The second-order valence-corrected chi connectivity index (χ2v) is 9.20. The fraction of sp³-hybridized carbons (Fsp3) is 0.240. The number of para-hydroxylation sites is 1. The van der Waals surface area contributed by atoms with E-state index in [0.717, 1.165) is 16.0 Å². The highest BCUT2D eigenvalue weighted by atomic mass is 32.1. The van der Waals surface area contributed by atoms with Gasteiger partial charge in [0, 0.05) is 18.5 Å². The highest BCUT2D eigenvalue weighted by Crippen LogP contribution is 2.32. The first-order valence-electron chi connectivity index (χ1n) is 10.9. The molecule has 1 fully saturated rings. The Labute approximate surface area is 199 Å². The number of thiazole rings is 1. The Morgan fingerprint density at radius 1 is 1.21 bits per heavy atom. The smallest absolute Gasteiger partial charge is 0.274 e. The predicted octanol–water partition coefficient (Wildman–Crippen LogP) is 4.27. The maximum atomic E-state index is 13.6. The number of nitrogens with one attached hydrogen (secondary N) is 1. The number of fused-ring (bicyclic) bond motifs is 1. The highest BCUT2D eigenvalue weighted by Gasteiger charge is 2.32. The molecule has 2 aromatic heterocycles. The first-order chi connectivity index (χ1) is 16.5. The van der Waals surface area contributed by atoms with Crippen LogP contribution in [0.3, 0.4) is 0 Å². The molecular weight excluding hydrogens is 457 g/mol. The minimum Gasteiger partial charge on any atom is -0.464 e. The second-order valence-electron chi connectivity index (χ2n) is 8.00. The van der Waals surface area contributed by atoms with E-state index in [1.807, 2.05) is 13.0 Å². The van der Waals surface area contributed by atoms with E-state index < -0.39 is 0 Å². The third kappa shape index (κ3) is 4.32. The third-order valence-electron chi connectivity index (χ3n) is 5.75. The van der Waals surface area contributed by atoms with E-state index in [4.69, 9.17) is 9.15 Å². The van der Waals surface area contributed by atoms with Gasteiger partial charge < -0.3 is 19.4 Å². The van der Waals surface area contributed by atoms with Crippen LogP contribution < -0.4 is 5.32 Å². The molecule has 1 atom stereocenters. The fourth-order valence-corrected chi connectivity index (χ4v) is 4.99. The zero-order chi connectivity index (χ0) is 23.7. The van der Waals surface area contributed by atoms with Gasteiger partial charge in [0.1, 0.15) is 17.1 Å². The molecule has 2 amide bonds. The standard InChI is InChI=1S/C25H22FN3O4S/c1-15-28-21(23(34-15)17-5-7-18(26)8-6-17)25(31)29-10-12-32-14-19(29)13-27-24(30)20-4-2-3-16-9-11-33-22(16)20/h2-9,11,19H,10,12-14H2,1H3,(H,27,30). The molecule has 1 saturated heterocycles. The number of morpholine rings is 1. The van der Waals surface area contributed by atoms with Crippen LogP contribution in [0.5, 0.6) is 0 Å². The Morgan fingerprint density at radius 3 is 2.85 bits per heavy atom. The van der Waals surface area contributed by atoms with Crippen molar-refractivity contribution < 1.29 is 23.1 Å². The quantitative estimate of drug-likeness (QED) is 0.462. The van der Waals surface area contributed by atoms with E-state index >= 15 is 0 Å². The van der Waals surface area contributed by atoms with E-state index in [1.165, 1.54) is 23.5 Å². The van der Waals surface area contributed by atoms with Crippen LogP contribution in [0.4, 0.5) is 4.39 Å². The van der Waals surface area contributed by atoms with E-state index in [2.05, 4.69) is 10.3 Å². The van der Waals surface area contributed by atoms with Crippen molar-refractivity contribution in [3.8, 4) is 10.4 Å². The van der Waals surface area contributed by atoms with Crippen LogP contribution in [0.1, 0.15) is 25.9 Å². The van der Waals surface area contributed by atoms with E-state index in [0.29, 0.717) is 41.5 Å². The van der Waals surface area contributed by atoms with Gasteiger partial charge in [-0.2, -0.15) is 0 Å². The first kappa shape index (κ1) is 22.2. The van der Waals surface area contributed by atoms with Crippen LogP contribution in [0.15, 0.2) is 59.2 Å². The molecule has 9 heteroatoms. The van der Waals surface area contributed by atoms with Gasteiger partial charge in [0.05, 0.1) is 41.0 Å². The number of halogens is 1. The molecule has 0 bridgehead atoms. The molecule has 7 nitrogen and oxygen atoms in total. The molecule has 0 saturated carbocycles. The number of hydrogen-bond acceptors (Lipinski definition) is 6. The summed E-state index contributed by atoms with van der Waals surface area (Å²) in [6, 6.07) is 12.8. The molecule has 0 aliphatic carbocycles. The summed E-state index contributed by atoms with van der Waals surface area (Å²) in [6.07, 6.45) is 1.55. The number of aryl methyl sites for hydroxylation is 1. The van der Waals surface area contributed by atoms with Crippen molar-refractivity contribution in [3.05, 3.63) is 76.9 Å². The first-order valence-corrected chi connectivity index (χ1v) is 11.7. The molecule has 3 heterocycles. The molecule has 1 unspecified atom stereocenters. The van der Waals surface area contributed by atoms with Crippen LogP contribution in [0.2, 0.25) is 0 Å². The van der Waals surface area contributed by atoms with Crippen LogP contribution in [0, 0.1) is 12.7 Å². The van der Waals surface area contributed by atoms with Gasteiger partial charge in [-0.15, -0.1) is 11.3 Å². The largest absolute Gasteiger partial charge is 0.464 e. The lowest BCUT2D eigenvalue weighted by Crippen LogP contribution is -2.53. The van der Waals surface area contributed by atoms with Gasteiger partial charge in [0.2, 0.25) is 0 Å². The highest BCUT2D eigenvalue weighted by molar-refractivity contribution is 7.15. The molecule has 174 valence electrons. The number of carbonyl (C=O) groups excluding carboxylic acids is 2. The summed E-state index contributed by atoms with van der Waals surface area (Å²) in [5, 5.41) is 4.50. The van der Waals surface area contributed by atoms with Crippen molar-refractivity contribution in [1.29, 1.82) is 0 Å². The average Bonchev–Trinajstić information content (AvgIpc) is 3.49. The number of benzene rings is 2. The SMILES string of the molecule is Cc1nc(C(=O)N2CCOCC2CNC(=O)c2cccc3ccoc23)c(-c2ccc(F)cc2)s1. The molecule has 4 aromatic rings. The summed E-state index contributed by atoms with van der Waals surface area (Å²) in [6.45, 7) is 3.13. The Morgan fingerprint density at radius 2 is 2.03 bits per heavy atom. The number of aromatic nitrogens is 1. The number of amides is 2. The lowest BCUT2D eigenvalue weighted by atomic mass is 10.1.